The average molecular weight is 434 g/mol. The Hall–Kier alpha value is -1.19. The van der Waals surface area contributed by atoms with Gasteiger partial charge >= 0.3 is 5.69 Å². The van der Waals surface area contributed by atoms with Crippen LogP contribution in [0.5, 0.6) is 0 Å². The van der Waals surface area contributed by atoms with Gasteiger partial charge in [-0.1, -0.05) is 6.92 Å². The SMILES string of the molecule is CCCn1c(=O)[nH]c(=O)c2[nH]c(-c3cc(Br)sc3Br)nc21. The smallest absolute Gasteiger partial charge is 0.330 e. The highest BCUT2D eigenvalue weighted by Gasteiger charge is 2.16. The van der Waals surface area contributed by atoms with E-state index in [4.69, 9.17) is 0 Å². The van der Waals surface area contributed by atoms with E-state index >= 15 is 0 Å². The fourth-order valence-corrected chi connectivity index (χ4v) is 4.91. The Kier molecular flexibility index (Phi) is 3.89. The van der Waals surface area contributed by atoms with Crippen molar-refractivity contribution in [1.82, 2.24) is 19.5 Å². The lowest BCUT2D eigenvalue weighted by atomic mass is 10.3. The van der Waals surface area contributed by atoms with Crippen molar-refractivity contribution in [2.24, 2.45) is 0 Å². The van der Waals surface area contributed by atoms with Gasteiger partial charge in [0, 0.05) is 12.1 Å². The molecule has 3 heterocycles. The molecule has 0 aromatic carbocycles. The van der Waals surface area contributed by atoms with Crippen molar-refractivity contribution >= 4 is 54.4 Å². The van der Waals surface area contributed by atoms with Crippen LogP contribution >= 0.6 is 43.2 Å². The second kappa shape index (κ2) is 5.54. The minimum absolute atomic E-state index is 0.312. The lowest BCUT2D eigenvalue weighted by molar-refractivity contribution is 0.653. The van der Waals surface area contributed by atoms with E-state index in [-0.39, 0.29) is 0 Å². The molecule has 0 bridgehead atoms. The summed E-state index contributed by atoms with van der Waals surface area (Å²) in [6.45, 7) is 2.47. The summed E-state index contributed by atoms with van der Waals surface area (Å²) in [5.74, 6) is 0.555. The van der Waals surface area contributed by atoms with Gasteiger partial charge in [-0.3, -0.25) is 14.3 Å². The van der Waals surface area contributed by atoms with Crippen molar-refractivity contribution in [1.29, 1.82) is 0 Å². The Morgan fingerprint density at radius 1 is 1.33 bits per heavy atom. The third kappa shape index (κ3) is 2.53. The van der Waals surface area contributed by atoms with E-state index in [9.17, 15) is 9.59 Å². The molecular formula is C12H10Br2N4O2S. The molecule has 3 aromatic heterocycles. The van der Waals surface area contributed by atoms with Gasteiger partial charge in [0.25, 0.3) is 5.56 Å². The number of H-pyrrole nitrogens is 2. The maximum absolute atomic E-state index is 11.9. The van der Waals surface area contributed by atoms with Gasteiger partial charge in [-0.25, -0.2) is 9.78 Å². The van der Waals surface area contributed by atoms with Crippen LogP contribution in [0.4, 0.5) is 0 Å². The first-order valence-electron chi connectivity index (χ1n) is 6.19. The molecule has 6 nitrogen and oxygen atoms in total. The van der Waals surface area contributed by atoms with E-state index < -0.39 is 11.2 Å². The minimum Gasteiger partial charge on any atom is -0.332 e. The minimum atomic E-state index is -0.452. The highest BCUT2D eigenvalue weighted by molar-refractivity contribution is 9.12. The Labute approximate surface area is 139 Å². The van der Waals surface area contributed by atoms with Gasteiger partial charge in [0.2, 0.25) is 0 Å². The highest BCUT2D eigenvalue weighted by Crippen LogP contribution is 2.37. The maximum Gasteiger partial charge on any atom is 0.330 e. The standard InChI is InChI=1S/C12H10Br2N4O2S/c1-2-3-18-10-7(11(19)17-12(18)20)15-9(16-10)5-4-6(13)21-8(5)14/h4H,2-3H2,1H3,(H,15,16)(H,17,19,20). The predicted molar refractivity (Wildman–Crippen MR) is 90.0 cm³/mol. The molecule has 0 amide bonds. The Morgan fingerprint density at radius 3 is 2.71 bits per heavy atom. The van der Waals surface area contributed by atoms with E-state index in [2.05, 4.69) is 46.8 Å². The molecule has 3 aromatic rings. The molecule has 2 N–H and O–H groups in total. The van der Waals surface area contributed by atoms with Crippen LogP contribution < -0.4 is 11.2 Å². The summed E-state index contributed by atoms with van der Waals surface area (Å²) in [7, 11) is 0. The lowest BCUT2D eigenvalue weighted by Crippen LogP contribution is -2.30. The highest BCUT2D eigenvalue weighted by atomic mass is 79.9. The number of hydrogen-bond donors (Lipinski definition) is 2. The molecule has 110 valence electrons. The summed E-state index contributed by atoms with van der Waals surface area (Å²) in [5.41, 5.74) is 0.657. The number of nitrogens with zero attached hydrogens (tertiary/aromatic N) is 2. The zero-order valence-corrected chi connectivity index (χ0v) is 14.9. The second-order valence-electron chi connectivity index (χ2n) is 4.43. The average Bonchev–Trinajstić information content (AvgIpc) is 2.98. The van der Waals surface area contributed by atoms with Gasteiger partial charge in [-0.2, -0.15) is 0 Å². The van der Waals surface area contributed by atoms with Crippen molar-refractivity contribution < 1.29 is 0 Å². The summed E-state index contributed by atoms with van der Waals surface area (Å²) in [4.78, 5) is 33.6. The van der Waals surface area contributed by atoms with E-state index in [1.54, 1.807) is 0 Å². The number of aromatic nitrogens is 4. The molecule has 9 heteroatoms. The van der Waals surface area contributed by atoms with Crippen molar-refractivity contribution in [2.75, 3.05) is 0 Å². The van der Waals surface area contributed by atoms with Gasteiger partial charge < -0.3 is 4.98 Å². The van der Waals surface area contributed by atoms with Crippen molar-refractivity contribution in [3.63, 3.8) is 0 Å². The summed E-state index contributed by atoms with van der Waals surface area (Å²) < 4.78 is 3.32. The van der Waals surface area contributed by atoms with Crippen LogP contribution in [0.2, 0.25) is 0 Å². The van der Waals surface area contributed by atoms with E-state index in [1.165, 1.54) is 15.9 Å². The molecule has 0 atom stereocenters. The molecule has 0 aliphatic heterocycles. The summed E-state index contributed by atoms with van der Waals surface area (Å²) in [6.07, 6.45) is 0.775. The van der Waals surface area contributed by atoms with Gasteiger partial charge in [0.15, 0.2) is 5.65 Å². The van der Waals surface area contributed by atoms with Crippen LogP contribution in [0, 0.1) is 0 Å². The number of fused-ring (bicyclic) bond motifs is 1. The molecule has 0 radical (unpaired) electrons. The fourth-order valence-electron chi connectivity index (χ4n) is 2.10. The molecule has 0 fully saturated rings. The largest absolute Gasteiger partial charge is 0.332 e. The number of thiophene rings is 1. The normalized spacial score (nSPS) is 11.4. The summed E-state index contributed by atoms with van der Waals surface area (Å²) in [5, 5.41) is 0. The van der Waals surface area contributed by atoms with Gasteiger partial charge in [0.05, 0.1) is 7.57 Å². The van der Waals surface area contributed by atoms with Crippen LogP contribution in [-0.2, 0) is 6.54 Å². The molecule has 0 aliphatic rings. The van der Waals surface area contributed by atoms with Gasteiger partial charge in [-0.05, 0) is 44.3 Å². The van der Waals surface area contributed by atoms with Crippen LogP contribution in [0.1, 0.15) is 13.3 Å². The van der Waals surface area contributed by atoms with Crippen molar-refractivity contribution in [2.45, 2.75) is 19.9 Å². The van der Waals surface area contributed by atoms with Gasteiger partial charge in [0.1, 0.15) is 11.3 Å². The number of rotatable bonds is 3. The molecular weight excluding hydrogens is 424 g/mol. The first kappa shape index (κ1) is 14.7. The molecule has 0 unspecified atom stereocenters. The lowest BCUT2D eigenvalue weighted by Gasteiger charge is -2.02. The van der Waals surface area contributed by atoms with Crippen molar-refractivity contribution in [3.05, 3.63) is 34.5 Å². The first-order chi connectivity index (χ1) is 10.0. The first-order valence-corrected chi connectivity index (χ1v) is 8.59. The molecule has 0 aliphatic carbocycles. The summed E-state index contributed by atoms with van der Waals surface area (Å²) >= 11 is 8.40. The maximum atomic E-state index is 11.9. The van der Waals surface area contributed by atoms with Crippen LogP contribution in [-0.4, -0.2) is 19.5 Å². The monoisotopic (exact) mass is 432 g/mol. The zero-order valence-electron chi connectivity index (χ0n) is 10.9. The van der Waals surface area contributed by atoms with Crippen molar-refractivity contribution in [3.8, 4) is 11.4 Å². The molecule has 21 heavy (non-hydrogen) atoms. The van der Waals surface area contributed by atoms with E-state index in [0.29, 0.717) is 23.5 Å². The van der Waals surface area contributed by atoms with Crippen LogP contribution in [0.25, 0.3) is 22.6 Å². The molecule has 0 saturated carbocycles. The van der Waals surface area contributed by atoms with E-state index in [0.717, 1.165) is 19.6 Å². The topological polar surface area (TPSA) is 83.5 Å². The number of aryl methyl sites for hydroxylation is 1. The van der Waals surface area contributed by atoms with Crippen LogP contribution in [0.15, 0.2) is 23.2 Å². The van der Waals surface area contributed by atoms with Gasteiger partial charge in [-0.15, -0.1) is 11.3 Å². The number of nitrogens with one attached hydrogen (secondary N) is 2. The third-order valence-corrected chi connectivity index (χ3v) is 5.33. The van der Waals surface area contributed by atoms with E-state index in [1.807, 2.05) is 13.0 Å². The Balaban J connectivity index is 2.31. The fraction of sp³-hybridized carbons (Fsp3) is 0.250. The number of imidazole rings is 1. The molecule has 0 saturated heterocycles. The molecule has 3 rings (SSSR count). The number of hydrogen-bond acceptors (Lipinski definition) is 4. The number of halogens is 2. The Bertz CT molecular complexity index is 937. The third-order valence-electron chi connectivity index (χ3n) is 2.99. The predicted octanol–water partition coefficient (Wildman–Crippen LogP) is 3.08. The van der Waals surface area contributed by atoms with Crippen LogP contribution in [0.3, 0.4) is 0 Å². The number of aromatic amines is 2. The zero-order chi connectivity index (χ0) is 15.1. The quantitative estimate of drug-likeness (QED) is 0.665. The summed E-state index contributed by atoms with van der Waals surface area (Å²) in [6, 6.07) is 1.91. The molecule has 0 spiro atoms. The Morgan fingerprint density at radius 2 is 2.10 bits per heavy atom. The second-order valence-corrected chi connectivity index (χ2v) is 8.18.